The molecule has 4 aromatic heterocycles. The number of pyridine rings is 2. The average Bonchev–Trinajstić information content (AvgIpc) is 3.23. The van der Waals surface area contributed by atoms with E-state index in [4.69, 9.17) is 9.72 Å². The van der Waals surface area contributed by atoms with Crippen molar-refractivity contribution >= 4 is 11.5 Å². The molecule has 0 amide bonds. The molecule has 5 heterocycles. The molecular weight excluding hydrogens is 416 g/mol. The zero-order chi connectivity index (χ0) is 23.2. The van der Waals surface area contributed by atoms with Crippen molar-refractivity contribution in [3.8, 4) is 17.0 Å². The zero-order valence-corrected chi connectivity index (χ0v) is 19.4. The highest BCUT2D eigenvalue weighted by molar-refractivity contribution is 5.80. The van der Waals surface area contributed by atoms with Crippen LogP contribution in [0.15, 0.2) is 53.8 Å². The number of anilines is 1. The topological polar surface area (TPSA) is 77.5 Å². The van der Waals surface area contributed by atoms with Gasteiger partial charge in [-0.1, -0.05) is 20.8 Å². The van der Waals surface area contributed by atoms with Crippen LogP contribution in [-0.2, 0) is 19.5 Å². The van der Waals surface area contributed by atoms with E-state index in [1.165, 1.54) is 0 Å². The minimum Gasteiger partial charge on any atom is -0.481 e. The summed E-state index contributed by atoms with van der Waals surface area (Å²) < 4.78 is 9.04. The Morgan fingerprint density at radius 2 is 1.97 bits per heavy atom. The first kappa shape index (κ1) is 21.2. The lowest BCUT2D eigenvalue weighted by molar-refractivity contribution is 0.337. The lowest BCUT2D eigenvalue weighted by Crippen LogP contribution is -2.37. The molecule has 0 spiro atoms. The molecule has 170 valence electrons. The third-order valence-electron chi connectivity index (χ3n) is 5.93. The van der Waals surface area contributed by atoms with Crippen LogP contribution in [-0.4, -0.2) is 37.8 Å². The molecule has 1 aliphatic heterocycles. The number of hydrogen-bond acceptors (Lipinski definition) is 6. The number of aromatic nitrogens is 5. The summed E-state index contributed by atoms with van der Waals surface area (Å²) in [6, 6.07) is 7.88. The van der Waals surface area contributed by atoms with Crippen LogP contribution in [0.3, 0.4) is 0 Å². The molecule has 5 rings (SSSR count). The molecule has 33 heavy (non-hydrogen) atoms. The highest BCUT2D eigenvalue weighted by atomic mass is 16.5. The summed E-state index contributed by atoms with van der Waals surface area (Å²) in [5, 5.41) is 4.45. The lowest BCUT2D eigenvalue weighted by Gasteiger charge is -2.30. The van der Waals surface area contributed by atoms with Crippen LogP contribution >= 0.6 is 0 Å². The van der Waals surface area contributed by atoms with Crippen LogP contribution in [0, 0.1) is 5.41 Å². The van der Waals surface area contributed by atoms with E-state index < -0.39 is 0 Å². The Morgan fingerprint density at radius 3 is 2.76 bits per heavy atom. The third-order valence-corrected chi connectivity index (χ3v) is 5.93. The Labute approximate surface area is 192 Å². The maximum atomic E-state index is 13.0. The molecular formula is C25H28N6O2. The number of nitrogens with zero attached hydrogens (tertiary/aromatic N) is 6. The quantitative estimate of drug-likeness (QED) is 0.479. The van der Waals surface area contributed by atoms with Crippen LogP contribution in [0.4, 0.5) is 5.82 Å². The first-order valence-corrected chi connectivity index (χ1v) is 11.1. The van der Waals surface area contributed by atoms with Crippen LogP contribution < -0.4 is 15.2 Å². The SMILES string of the molecule is COc1ncccc1-c1cnn2ccc(N3CCc4c(ccn(CC(C)(C)C)c4=O)C3)nc12. The molecule has 0 aromatic carbocycles. The zero-order valence-electron chi connectivity index (χ0n) is 19.4. The van der Waals surface area contributed by atoms with Crippen molar-refractivity contribution in [2.45, 2.75) is 40.3 Å². The lowest BCUT2D eigenvalue weighted by atomic mass is 9.96. The minimum atomic E-state index is 0.0536. The van der Waals surface area contributed by atoms with E-state index in [1.54, 1.807) is 24.0 Å². The second kappa shape index (κ2) is 8.03. The van der Waals surface area contributed by atoms with Gasteiger partial charge in [0.25, 0.3) is 5.56 Å². The standard InChI is InChI=1S/C25H28N6O2/c1-25(2,3)16-30-11-7-17-15-29(12-8-18(17)24(30)32)21-9-13-31-22(28-21)20(14-27-31)19-6-5-10-26-23(19)33-4/h5-7,9-11,13-14H,8,12,15-16H2,1-4H3. The molecule has 1 aliphatic rings. The summed E-state index contributed by atoms with van der Waals surface area (Å²) in [5.74, 6) is 1.40. The fraction of sp³-hybridized carbons (Fsp3) is 0.360. The summed E-state index contributed by atoms with van der Waals surface area (Å²) in [7, 11) is 1.61. The van der Waals surface area contributed by atoms with Crippen LogP contribution in [0.2, 0.25) is 0 Å². The Bertz CT molecular complexity index is 1380. The van der Waals surface area contributed by atoms with Gasteiger partial charge >= 0.3 is 0 Å². The van der Waals surface area contributed by atoms with Gasteiger partial charge in [-0.25, -0.2) is 14.5 Å². The summed E-state index contributed by atoms with van der Waals surface area (Å²) >= 11 is 0. The molecule has 8 nitrogen and oxygen atoms in total. The molecule has 0 unspecified atom stereocenters. The highest BCUT2D eigenvalue weighted by Crippen LogP contribution is 2.31. The fourth-order valence-corrected chi connectivity index (χ4v) is 4.42. The van der Waals surface area contributed by atoms with Gasteiger partial charge in [0.2, 0.25) is 5.88 Å². The van der Waals surface area contributed by atoms with Gasteiger partial charge in [0, 0.05) is 49.4 Å². The molecule has 0 saturated heterocycles. The van der Waals surface area contributed by atoms with Gasteiger partial charge in [-0.05, 0) is 41.7 Å². The number of hydrogen-bond donors (Lipinski definition) is 0. The molecule has 0 bridgehead atoms. The number of fused-ring (bicyclic) bond motifs is 2. The van der Waals surface area contributed by atoms with Crippen molar-refractivity contribution in [3.05, 3.63) is 70.5 Å². The Balaban J connectivity index is 1.48. The van der Waals surface area contributed by atoms with Crippen LogP contribution in [0.5, 0.6) is 5.88 Å². The van der Waals surface area contributed by atoms with Gasteiger partial charge in [0.15, 0.2) is 5.65 Å². The predicted octanol–water partition coefficient (Wildman–Crippen LogP) is 3.57. The number of ether oxygens (including phenoxy) is 1. The van der Waals surface area contributed by atoms with Crippen molar-refractivity contribution < 1.29 is 4.74 Å². The monoisotopic (exact) mass is 444 g/mol. The van der Waals surface area contributed by atoms with Crippen molar-refractivity contribution in [1.82, 2.24) is 24.1 Å². The Hall–Kier alpha value is -3.68. The first-order valence-electron chi connectivity index (χ1n) is 11.1. The maximum Gasteiger partial charge on any atom is 0.254 e. The van der Waals surface area contributed by atoms with E-state index in [-0.39, 0.29) is 11.0 Å². The Kier molecular flexibility index (Phi) is 5.15. The molecule has 8 heteroatoms. The van der Waals surface area contributed by atoms with Crippen molar-refractivity contribution in [2.75, 3.05) is 18.6 Å². The molecule has 0 radical (unpaired) electrons. The van der Waals surface area contributed by atoms with E-state index in [9.17, 15) is 4.79 Å². The van der Waals surface area contributed by atoms with E-state index in [0.717, 1.165) is 40.3 Å². The van der Waals surface area contributed by atoms with Crippen LogP contribution in [0.25, 0.3) is 16.8 Å². The van der Waals surface area contributed by atoms with Crippen molar-refractivity contribution in [3.63, 3.8) is 0 Å². The van der Waals surface area contributed by atoms with E-state index in [0.29, 0.717) is 25.4 Å². The molecule has 0 N–H and O–H groups in total. The van der Waals surface area contributed by atoms with Crippen LogP contribution in [0.1, 0.15) is 31.9 Å². The fourth-order valence-electron chi connectivity index (χ4n) is 4.42. The Morgan fingerprint density at radius 1 is 1.12 bits per heavy atom. The third kappa shape index (κ3) is 3.97. The smallest absolute Gasteiger partial charge is 0.254 e. The van der Waals surface area contributed by atoms with Gasteiger partial charge in [0.1, 0.15) is 5.82 Å². The number of methoxy groups -OCH3 is 1. The average molecular weight is 445 g/mol. The van der Waals surface area contributed by atoms with Crippen molar-refractivity contribution in [1.29, 1.82) is 0 Å². The summed E-state index contributed by atoms with van der Waals surface area (Å²) in [5.41, 5.74) is 4.63. The molecule has 0 atom stereocenters. The van der Waals surface area contributed by atoms with Gasteiger partial charge in [0.05, 0.1) is 18.9 Å². The normalized spacial score (nSPS) is 13.9. The van der Waals surface area contributed by atoms with Gasteiger partial charge < -0.3 is 14.2 Å². The van der Waals surface area contributed by atoms with Gasteiger partial charge in [-0.3, -0.25) is 4.79 Å². The molecule has 0 aliphatic carbocycles. The second-order valence-corrected chi connectivity index (χ2v) is 9.66. The maximum absolute atomic E-state index is 13.0. The largest absolute Gasteiger partial charge is 0.481 e. The second-order valence-electron chi connectivity index (χ2n) is 9.66. The first-order chi connectivity index (χ1) is 15.8. The minimum absolute atomic E-state index is 0.0536. The predicted molar refractivity (Wildman–Crippen MR) is 128 cm³/mol. The van der Waals surface area contributed by atoms with Crippen molar-refractivity contribution in [2.24, 2.45) is 5.41 Å². The molecule has 0 saturated carbocycles. The summed E-state index contributed by atoms with van der Waals surface area (Å²) in [4.78, 5) is 24.5. The highest BCUT2D eigenvalue weighted by Gasteiger charge is 2.23. The molecule has 4 aromatic rings. The van der Waals surface area contributed by atoms with Gasteiger partial charge in [-0.15, -0.1) is 0 Å². The molecule has 0 fully saturated rings. The van der Waals surface area contributed by atoms with E-state index in [2.05, 4.69) is 41.8 Å². The summed E-state index contributed by atoms with van der Waals surface area (Å²) in [6.45, 7) is 8.55. The summed E-state index contributed by atoms with van der Waals surface area (Å²) in [6.07, 6.45) is 8.04. The number of rotatable bonds is 4. The van der Waals surface area contributed by atoms with E-state index in [1.807, 2.05) is 35.2 Å². The van der Waals surface area contributed by atoms with Gasteiger partial charge in [-0.2, -0.15) is 5.10 Å². The van der Waals surface area contributed by atoms with E-state index >= 15 is 0 Å².